The van der Waals surface area contributed by atoms with E-state index in [1.807, 2.05) is 26.0 Å². The highest BCUT2D eigenvalue weighted by atomic mass is 16.5. The van der Waals surface area contributed by atoms with Crippen LogP contribution in [0, 0.1) is 5.92 Å². The SMILES string of the molecule is CC[C@H](C)[C@H](N)C(=O)N1C[C@H](OCc2ccc3c(c2)N(CCCOC)CCO3)[C@@H](c2ccc(COCCOC)cc2)[C@H](OCC(C)O)C1. The van der Waals surface area contributed by atoms with Gasteiger partial charge in [-0.25, -0.2) is 0 Å². The average molecular weight is 672 g/mol. The van der Waals surface area contributed by atoms with Gasteiger partial charge in [0.05, 0.1) is 69.6 Å². The van der Waals surface area contributed by atoms with E-state index < -0.39 is 18.2 Å². The fourth-order valence-corrected chi connectivity index (χ4v) is 6.28. The highest BCUT2D eigenvalue weighted by Crippen LogP contribution is 2.36. The van der Waals surface area contributed by atoms with Crippen molar-refractivity contribution in [2.24, 2.45) is 11.7 Å². The molecular weight excluding hydrogens is 614 g/mol. The first-order valence-electron chi connectivity index (χ1n) is 17.4. The quantitative estimate of drug-likeness (QED) is 0.214. The molecular formula is C37H57N3O8. The number of aliphatic hydroxyl groups is 1. The number of methoxy groups -OCH3 is 2. The van der Waals surface area contributed by atoms with Crippen molar-refractivity contribution >= 4 is 11.6 Å². The van der Waals surface area contributed by atoms with Crippen LogP contribution in [0.25, 0.3) is 0 Å². The number of hydrogen-bond donors (Lipinski definition) is 2. The predicted molar refractivity (Wildman–Crippen MR) is 185 cm³/mol. The summed E-state index contributed by atoms with van der Waals surface area (Å²) in [6, 6.07) is 13.9. The molecule has 0 saturated carbocycles. The summed E-state index contributed by atoms with van der Waals surface area (Å²) in [7, 11) is 3.38. The molecule has 1 amide bonds. The van der Waals surface area contributed by atoms with Crippen LogP contribution in [0.2, 0.25) is 0 Å². The summed E-state index contributed by atoms with van der Waals surface area (Å²) in [5.41, 5.74) is 10.6. The Hall–Kier alpha value is -2.77. The lowest BCUT2D eigenvalue weighted by Crippen LogP contribution is -2.58. The van der Waals surface area contributed by atoms with Crippen molar-refractivity contribution < 1.29 is 38.3 Å². The van der Waals surface area contributed by atoms with Crippen molar-refractivity contribution in [2.45, 2.75) is 77.1 Å². The summed E-state index contributed by atoms with van der Waals surface area (Å²) in [5, 5.41) is 10.2. The monoisotopic (exact) mass is 671 g/mol. The standard InChI is InChI=1S/C37H57N3O8/c1-6-26(2)36(38)37(42)40-21-33(47-23-27(3)41)35(30-11-8-28(9-12-30)24-45-19-18-44-5)34(22-40)48-25-29-10-13-32-31(20-29)39(15-17-46-32)14-7-16-43-4/h8-13,20,26-27,33-36,41H,6-7,14-19,21-25,38H2,1-5H3/t26-,27?,33+,34-,35-,36-/m0/s1. The van der Waals surface area contributed by atoms with Crippen LogP contribution < -0.4 is 15.4 Å². The van der Waals surface area contributed by atoms with Crippen molar-refractivity contribution in [3.05, 3.63) is 59.2 Å². The number of likely N-dealkylation sites (tertiary alicyclic amines) is 1. The number of nitrogens with two attached hydrogens (primary N) is 1. The van der Waals surface area contributed by atoms with Gasteiger partial charge in [-0.3, -0.25) is 4.79 Å². The Morgan fingerprint density at radius 3 is 2.38 bits per heavy atom. The minimum Gasteiger partial charge on any atom is -0.490 e. The van der Waals surface area contributed by atoms with Gasteiger partial charge in [0.2, 0.25) is 5.91 Å². The molecule has 2 heterocycles. The van der Waals surface area contributed by atoms with E-state index in [1.54, 1.807) is 26.0 Å². The lowest BCUT2D eigenvalue weighted by atomic mass is 9.83. The Morgan fingerprint density at radius 1 is 0.979 bits per heavy atom. The Balaban J connectivity index is 1.60. The third-order valence-corrected chi connectivity index (χ3v) is 9.30. The molecule has 2 aromatic rings. The third kappa shape index (κ3) is 10.6. The van der Waals surface area contributed by atoms with Crippen LogP contribution in [0.3, 0.4) is 0 Å². The number of anilines is 1. The fourth-order valence-electron chi connectivity index (χ4n) is 6.28. The van der Waals surface area contributed by atoms with Crippen LogP contribution in [-0.2, 0) is 41.7 Å². The van der Waals surface area contributed by atoms with Gasteiger partial charge in [0.25, 0.3) is 0 Å². The molecule has 11 nitrogen and oxygen atoms in total. The van der Waals surface area contributed by atoms with E-state index in [2.05, 4.69) is 35.2 Å². The minimum absolute atomic E-state index is 0.0367. The number of fused-ring (bicyclic) bond motifs is 1. The van der Waals surface area contributed by atoms with Crippen LogP contribution in [0.1, 0.15) is 56.2 Å². The van der Waals surface area contributed by atoms with Crippen molar-refractivity contribution in [1.29, 1.82) is 0 Å². The van der Waals surface area contributed by atoms with E-state index >= 15 is 0 Å². The van der Waals surface area contributed by atoms with E-state index in [0.717, 1.165) is 54.1 Å². The Bertz CT molecular complexity index is 1250. The molecule has 3 N–H and O–H groups in total. The molecule has 1 unspecified atom stereocenters. The van der Waals surface area contributed by atoms with Gasteiger partial charge in [0, 0.05) is 46.4 Å². The van der Waals surface area contributed by atoms with Crippen LogP contribution in [-0.4, -0.2) is 114 Å². The second-order valence-corrected chi connectivity index (χ2v) is 13.0. The summed E-state index contributed by atoms with van der Waals surface area (Å²) >= 11 is 0. The van der Waals surface area contributed by atoms with Gasteiger partial charge in [-0.1, -0.05) is 50.6 Å². The molecule has 1 saturated heterocycles. The molecule has 0 aliphatic carbocycles. The summed E-state index contributed by atoms with van der Waals surface area (Å²) in [4.78, 5) is 17.9. The second-order valence-electron chi connectivity index (χ2n) is 13.0. The number of amides is 1. The number of ether oxygens (including phenoxy) is 6. The number of benzene rings is 2. The topological polar surface area (TPSA) is 125 Å². The maximum atomic E-state index is 13.7. The largest absolute Gasteiger partial charge is 0.490 e. The number of carbonyl (C=O) groups is 1. The summed E-state index contributed by atoms with van der Waals surface area (Å²) in [6.45, 7) is 11.5. The van der Waals surface area contributed by atoms with Gasteiger partial charge in [-0.05, 0) is 48.1 Å². The molecule has 0 bridgehead atoms. The molecule has 268 valence electrons. The second kappa shape index (κ2) is 19.4. The average Bonchev–Trinajstić information content (AvgIpc) is 3.10. The highest BCUT2D eigenvalue weighted by molar-refractivity contribution is 5.82. The zero-order chi connectivity index (χ0) is 34.5. The zero-order valence-corrected chi connectivity index (χ0v) is 29.5. The lowest BCUT2D eigenvalue weighted by Gasteiger charge is -2.44. The molecule has 6 atom stereocenters. The van der Waals surface area contributed by atoms with E-state index in [-0.39, 0.29) is 30.5 Å². The maximum absolute atomic E-state index is 13.7. The van der Waals surface area contributed by atoms with Crippen LogP contribution in [0.5, 0.6) is 5.75 Å². The van der Waals surface area contributed by atoms with Gasteiger partial charge < -0.3 is 49.1 Å². The van der Waals surface area contributed by atoms with Crippen LogP contribution in [0.15, 0.2) is 42.5 Å². The Morgan fingerprint density at radius 2 is 1.69 bits per heavy atom. The number of carbonyl (C=O) groups excluding carboxylic acids is 1. The van der Waals surface area contributed by atoms with Gasteiger partial charge in [0.1, 0.15) is 12.4 Å². The van der Waals surface area contributed by atoms with Gasteiger partial charge in [-0.15, -0.1) is 0 Å². The number of rotatable bonds is 19. The van der Waals surface area contributed by atoms with Gasteiger partial charge in [-0.2, -0.15) is 0 Å². The third-order valence-electron chi connectivity index (χ3n) is 9.30. The van der Waals surface area contributed by atoms with Gasteiger partial charge in [0.15, 0.2) is 0 Å². The predicted octanol–water partition coefficient (Wildman–Crippen LogP) is 3.74. The molecule has 0 aromatic heterocycles. The number of aliphatic hydroxyl groups excluding tert-OH is 1. The maximum Gasteiger partial charge on any atom is 0.239 e. The van der Waals surface area contributed by atoms with Crippen LogP contribution in [0.4, 0.5) is 5.69 Å². The van der Waals surface area contributed by atoms with E-state index in [0.29, 0.717) is 52.7 Å². The molecule has 0 radical (unpaired) electrons. The Kier molecular flexibility index (Phi) is 15.4. The van der Waals surface area contributed by atoms with Crippen molar-refractivity contribution in [2.75, 3.05) is 78.3 Å². The first-order valence-corrected chi connectivity index (χ1v) is 17.4. The summed E-state index contributed by atoms with van der Waals surface area (Å²) < 4.78 is 35.2. The van der Waals surface area contributed by atoms with Crippen LogP contribution >= 0.6 is 0 Å². The first-order chi connectivity index (χ1) is 23.2. The summed E-state index contributed by atoms with van der Waals surface area (Å²) in [5.74, 6) is 0.604. The summed E-state index contributed by atoms with van der Waals surface area (Å²) in [6.07, 6.45) is 0.268. The number of hydrogen-bond acceptors (Lipinski definition) is 10. The van der Waals surface area contributed by atoms with E-state index in [1.165, 1.54) is 0 Å². The lowest BCUT2D eigenvalue weighted by molar-refractivity contribution is -0.149. The fraction of sp³-hybridized carbons (Fsp3) is 0.649. The van der Waals surface area contributed by atoms with Crippen molar-refractivity contribution in [3.63, 3.8) is 0 Å². The van der Waals surface area contributed by atoms with Crippen molar-refractivity contribution in [3.8, 4) is 5.75 Å². The molecule has 11 heteroatoms. The molecule has 2 aliphatic rings. The smallest absolute Gasteiger partial charge is 0.239 e. The molecule has 2 aliphatic heterocycles. The Labute approximate surface area is 286 Å². The van der Waals surface area contributed by atoms with E-state index in [9.17, 15) is 9.90 Å². The zero-order valence-electron chi connectivity index (χ0n) is 29.5. The number of piperidine rings is 1. The molecule has 4 rings (SSSR count). The normalized spacial score (nSPS) is 21.4. The molecule has 1 fully saturated rings. The number of nitrogens with zero attached hydrogens (tertiary/aromatic N) is 2. The van der Waals surface area contributed by atoms with Crippen molar-refractivity contribution in [1.82, 2.24) is 4.90 Å². The first kappa shape index (κ1) is 38.0. The van der Waals surface area contributed by atoms with Gasteiger partial charge >= 0.3 is 0 Å². The molecule has 0 spiro atoms. The highest BCUT2D eigenvalue weighted by Gasteiger charge is 2.42. The minimum atomic E-state index is -0.658. The van der Waals surface area contributed by atoms with E-state index in [4.69, 9.17) is 34.2 Å². The molecule has 48 heavy (non-hydrogen) atoms. The molecule has 2 aromatic carbocycles.